The Bertz CT molecular complexity index is 279. The van der Waals surface area contributed by atoms with E-state index >= 15 is 0 Å². The van der Waals surface area contributed by atoms with Crippen LogP contribution in [0.25, 0.3) is 0 Å². The Morgan fingerprint density at radius 3 is 3.00 bits per heavy atom. The molecule has 1 aromatic heterocycles. The zero-order valence-corrected chi connectivity index (χ0v) is 9.40. The van der Waals surface area contributed by atoms with E-state index in [9.17, 15) is 0 Å². The molecule has 1 N–H and O–H groups in total. The van der Waals surface area contributed by atoms with Crippen molar-refractivity contribution >= 4 is 11.8 Å². The molecular weight excluding hydrogens is 194 g/mol. The van der Waals surface area contributed by atoms with Gasteiger partial charge in [-0.15, -0.1) is 0 Å². The molecule has 1 fully saturated rings. The highest BCUT2D eigenvalue weighted by molar-refractivity contribution is 7.99. The number of hydrogen-bond acceptors (Lipinski definition) is 3. The minimum Gasteiger partial charge on any atom is -0.465 e. The summed E-state index contributed by atoms with van der Waals surface area (Å²) in [7, 11) is 0. The van der Waals surface area contributed by atoms with Crippen molar-refractivity contribution in [2.24, 2.45) is 0 Å². The SMILES string of the molecule is CCc1ccc(CNC2CCSC2)o1. The zero-order valence-electron chi connectivity index (χ0n) is 8.58. The summed E-state index contributed by atoms with van der Waals surface area (Å²) in [5.74, 6) is 4.71. The van der Waals surface area contributed by atoms with E-state index in [0.717, 1.165) is 24.5 Å². The standard InChI is InChI=1S/C11H17NOS/c1-2-10-3-4-11(13-10)7-12-9-5-6-14-8-9/h3-4,9,12H,2,5-8H2,1H3. The summed E-state index contributed by atoms with van der Waals surface area (Å²) in [6, 6.07) is 4.84. The Morgan fingerprint density at radius 1 is 1.50 bits per heavy atom. The predicted molar refractivity (Wildman–Crippen MR) is 60.7 cm³/mol. The van der Waals surface area contributed by atoms with E-state index in [-0.39, 0.29) is 0 Å². The highest BCUT2D eigenvalue weighted by atomic mass is 32.2. The van der Waals surface area contributed by atoms with Crippen molar-refractivity contribution in [3.63, 3.8) is 0 Å². The molecule has 2 heterocycles. The quantitative estimate of drug-likeness (QED) is 0.828. The maximum absolute atomic E-state index is 5.62. The Morgan fingerprint density at radius 2 is 2.36 bits per heavy atom. The molecule has 3 heteroatoms. The first-order valence-electron chi connectivity index (χ1n) is 5.27. The minimum atomic E-state index is 0.690. The van der Waals surface area contributed by atoms with Gasteiger partial charge in [0.25, 0.3) is 0 Å². The van der Waals surface area contributed by atoms with E-state index in [4.69, 9.17) is 4.42 Å². The molecule has 1 unspecified atom stereocenters. The third kappa shape index (κ3) is 2.55. The molecule has 0 saturated carbocycles. The second-order valence-electron chi connectivity index (χ2n) is 3.66. The first-order valence-corrected chi connectivity index (χ1v) is 6.42. The molecule has 2 rings (SSSR count). The van der Waals surface area contributed by atoms with Crippen LogP contribution in [0.15, 0.2) is 16.5 Å². The Kier molecular flexibility index (Phi) is 3.54. The van der Waals surface area contributed by atoms with E-state index in [2.05, 4.69) is 24.4 Å². The zero-order chi connectivity index (χ0) is 9.80. The molecule has 78 valence electrons. The number of furan rings is 1. The lowest BCUT2D eigenvalue weighted by Gasteiger charge is -2.08. The molecule has 1 atom stereocenters. The van der Waals surface area contributed by atoms with Crippen molar-refractivity contribution in [1.29, 1.82) is 0 Å². The fraction of sp³-hybridized carbons (Fsp3) is 0.636. The van der Waals surface area contributed by atoms with Crippen molar-refractivity contribution in [2.45, 2.75) is 32.4 Å². The predicted octanol–water partition coefficient (Wildman–Crippen LogP) is 2.44. The van der Waals surface area contributed by atoms with Gasteiger partial charge >= 0.3 is 0 Å². The minimum absolute atomic E-state index is 0.690. The highest BCUT2D eigenvalue weighted by Crippen LogP contribution is 2.17. The second kappa shape index (κ2) is 4.89. The largest absolute Gasteiger partial charge is 0.465 e. The average Bonchev–Trinajstić information content (AvgIpc) is 2.86. The van der Waals surface area contributed by atoms with Crippen molar-refractivity contribution in [3.05, 3.63) is 23.7 Å². The van der Waals surface area contributed by atoms with Crippen LogP contribution in [0.4, 0.5) is 0 Å². The van der Waals surface area contributed by atoms with Crippen LogP contribution >= 0.6 is 11.8 Å². The molecule has 0 bridgehead atoms. The van der Waals surface area contributed by atoms with E-state index < -0.39 is 0 Å². The highest BCUT2D eigenvalue weighted by Gasteiger charge is 2.14. The van der Waals surface area contributed by atoms with E-state index in [0.29, 0.717) is 6.04 Å². The third-order valence-corrected chi connectivity index (χ3v) is 3.72. The smallest absolute Gasteiger partial charge is 0.117 e. The second-order valence-corrected chi connectivity index (χ2v) is 4.81. The first kappa shape index (κ1) is 10.1. The van der Waals surface area contributed by atoms with Crippen LogP contribution in [0.2, 0.25) is 0 Å². The van der Waals surface area contributed by atoms with Crippen LogP contribution in [0.5, 0.6) is 0 Å². The Hall–Kier alpha value is -0.410. The molecule has 0 radical (unpaired) electrons. The van der Waals surface area contributed by atoms with E-state index in [1.54, 1.807) is 0 Å². The summed E-state index contributed by atoms with van der Waals surface area (Å²) < 4.78 is 5.62. The lowest BCUT2D eigenvalue weighted by Crippen LogP contribution is -2.27. The van der Waals surface area contributed by atoms with Crippen molar-refractivity contribution in [3.8, 4) is 0 Å². The molecule has 0 amide bonds. The van der Waals surface area contributed by atoms with Crippen LogP contribution in [0.1, 0.15) is 24.9 Å². The van der Waals surface area contributed by atoms with Gasteiger partial charge in [-0.25, -0.2) is 0 Å². The molecule has 1 aliphatic heterocycles. The monoisotopic (exact) mass is 211 g/mol. The fourth-order valence-electron chi connectivity index (χ4n) is 1.65. The van der Waals surface area contributed by atoms with Gasteiger partial charge in [0.05, 0.1) is 6.54 Å². The summed E-state index contributed by atoms with van der Waals surface area (Å²) in [4.78, 5) is 0. The topological polar surface area (TPSA) is 25.2 Å². The molecule has 0 aromatic carbocycles. The van der Waals surface area contributed by atoms with Crippen LogP contribution in [-0.4, -0.2) is 17.5 Å². The maximum Gasteiger partial charge on any atom is 0.117 e. The third-order valence-electron chi connectivity index (χ3n) is 2.56. The van der Waals surface area contributed by atoms with Gasteiger partial charge < -0.3 is 9.73 Å². The normalized spacial score (nSPS) is 21.6. The van der Waals surface area contributed by atoms with Gasteiger partial charge in [-0.3, -0.25) is 0 Å². The molecule has 14 heavy (non-hydrogen) atoms. The van der Waals surface area contributed by atoms with Crippen LogP contribution < -0.4 is 5.32 Å². The van der Waals surface area contributed by atoms with Crippen LogP contribution in [-0.2, 0) is 13.0 Å². The van der Waals surface area contributed by atoms with Gasteiger partial charge in [0.15, 0.2) is 0 Å². The summed E-state index contributed by atoms with van der Waals surface area (Å²) in [5, 5.41) is 3.52. The van der Waals surface area contributed by atoms with Gasteiger partial charge in [-0.05, 0) is 24.3 Å². The lowest BCUT2D eigenvalue weighted by molar-refractivity contribution is 0.433. The van der Waals surface area contributed by atoms with Crippen LogP contribution in [0.3, 0.4) is 0 Å². The first-order chi connectivity index (χ1) is 6.88. The summed E-state index contributed by atoms with van der Waals surface area (Å²) in [6.07, 6.45) is 2.28. The number of thioether (sulfide) groups is 1. The summed E-state index contributed by atoms with van der Waals surface area (Å²) >= 11 is 2.03. The molecule has 1 aliphatic rings. The lowest BCUT2D eigenvalue weighted by atomic mass is 10.2. The van der Waals surface area contributed by atoms with Gasteiger partial charge in [-0.1, -0.05) is 6.92 Å². The number of rotatable bonds is 4. The van der Waals surface area contributed by atoms with Gasteiger partial charge in [0, 0.05) is 18.2 Å². The summed E-state index contributed by atoms with van der Waals surface area (Å²) in [6.45, 7) is 2.99. The Labute approximate surface area is 89.4 Å². The maximum atomic E-state index is 5.62. The molecule has 1 saturated heterocycles. The number of aryl methyl sites for hydroxylation is 1. The molecule has 0 aliphatic carbocycles. The number of hydrogen-bond donors (Lipinski definition) is 1. The summed E-state index contributed by atoms with van der Waals surface area (Å²) in [5.41, 5.74) is 0. The average molecular weight is 211 g/mol. The van der Waals surface area contributed by atoms with Gasteiger partial charge in [-0.2, -0.15) is 11.8 Å². The fourth-order valence-corrected chi connectivity index (χ4v) is 2.83. The number of nitrogens with one attached hydrogen (secondary N) is 1. The van der Waals surface area contributed by atoms with Gasteiger partial charge in [0.1, 0.15) is 11.5 Å². The molecular formula is C11H17NOS. The van der Waals surface area contributed by atoms with Crippen molar-refractivity contribution in [1.82, 2.24) is 5.32 Å². The van der Waals surface area contributed by atoms with Gasteiger partial charge in [0.2, 0.25) is 0 Å². The van der Waals surface area contributed by atoms with E-state index in [1.165, 1.54) is 17.9 Å². The molecule has 1 aromatic rings. The Balaban J connectivity index is 1.79. The van der Waals surface area contributed by atoms with Crippen molar-refractivity contribution < 1.29 is 4.42 Å². The van der Waals surface area contributed by atoms with E-state index in [1.807, 2.05) is 11.8 Å². The molecule has 0 spiro atoms. The molecule has 2 nitrogen and oxygen atoms in total. The van der Waals surface area contributed by atoms with Crippen LogP contribution in [0, 0.1) is 0 Å². The van der Waals surface area contributed by atoms with Crippen molar-refractivity contribution in [2.75, 3.05) is 11.5 Å².